The van der Waals surface area contributed by atoms with E-state index in [-0.39, 0.29) is 23.0 Å². The van der Waals surface area contributed by atoms with E-state index in [1.807, 2.05) is 36.7 Å². The van der Waals surface area contributed by atoms with Gasteiger partial charge in [-0.25, -0.2) is 14.4 Å². The third kappa shape index (κ3) is 4.74. The molecule has 0 N–H and O–H groups in total. The standard InChI is InChI=1S/C22H20ClFN4OS.ClH/c1-14-7-8-18-20(15(14)2)26-22(30-18)28(11-4-10-27-12-9-25-13-27)21(29)19-16(23)5-3-6-17(19)24;/h3,5-9,12-13H,4,10-11H2,1-2H3;1H. The Morgan fingerprint density at radius 1 is 1.26 bits per heavy atom. The molecule has 0 atom stereocenters. The highest BCUT2D eigenvalue weighted by Crippen LogP contribution is 2.33. The lowest BCUT2D eigenvalue weighted by atomic mass is 10.1. The molecule has 31 heavy (non-hydrogen) atoms. The molecule has 162 valence electrons. The molecule has 0 aliphatic heterocycles. The predicted octanol–water partition coefficient (Wildman–Crippen LogP) is 6.06. The van der Waals surface area contributed by atoms with Crippen molar-refractivity contribution in [2.45, 2.75) is 26.8 Å². The van der Waals surface area contributed by atoms with Gasteiger partial charge in [0.25, 0.3) is 5.91 Å². The third-order valence-corrected chi connectivity index (χ3v) is 6.44. The number of benzene rings is 2. The van der Waals surface area contributed by atoms with E-state index in [9.17, 15) is 9.18 Å². The molecule has 4 rings (SSSR count). The summed E-state index contributed by atoms with van der Waals surface area (Å²) in [6, 6.07) is 8.30. The Morgan fingerprint density at radius 2 is 2.06 bits per heavy atom. The van der Waals surface area contributed by atoms with Crippen LogP contribution in [0.25, 0.3) is 10.2 Å². The minimum atomic E-state index is -0.639. The summed E-state index contributed by atoms with van der Waals surface area (Å²) in [5.74, 6) is -1.13. The van der Waals surface area contributed by atoms with Crippen LogP contribution in [0, 0.1) is 19.7 Å². The number of anilines is 1. The highest BCUT2D eigenvalue weighted by molar-refractivity contribution is 7.22. The second-order valence-corrected chi connectivity index (χ2v) is 8.47. The summed E-state index contributed by atoms with van der Waals surface area (Å²) in [5, 5.41) is 0.626. The molecule has 9 heteroatoms. The average Bonchev–Trinajstić information content (AvgIpc) is 3.38. The molecule has 1 amide bonds. The fourth-order valence-electron chi connectivity index (χ4n) is 3.28. The van der Waals surface area contributed by atoms with Crippen molar-refractivity contribution in [2.75, 3.05) is 11.4 Å². The maximum Gasteiger partial charge on any atom is 0.264 e. The van der Waals surface area contributed by atoms with Crippen LogP contribution in [0.4, 0.5) is 9.52 Å². The van der Waals surface area contributed by atoms with Crippen LogP contribution in [0.15, 0.2) is 49.1 Å². The van der Waals surface area contributed by atoms with Gasteiger partial charge in [0.1, 0.15) is 5.82 Å². The number of hydrogen-bond donors (Lipinski definition) is 0. The molecule has 2 aromatic carbocycles. The van der Waals surface area contributed by atoms with Crippen LogP contribution in [0.5, 0.6) is 0 Å². The Kier molecular flexibility index (Phi) is 7.30. The van der Waals surface area contributed by atoms with Crippen molar-refractivity contribution in [1.82, 2.24) is 14.5 Å². The van der Waals surface area contributed by atoms with Gasteiger partial charge < -0.3 is 4.57 Å². The van der Waals surface area contributed by atoms with Crippen LogP contribution in [0.3, 0.4) is 0 Å². The van der Waals surface area contributed by atoms with Gasteiger partial charge in [-0.1, -0.05) is 35.1 Å². The monoisotopic (exact) mass is 478 g/mol. The highest BCUT2D eigenvalue weighted by atomic mass is 35.5. The zero-order valence-corrected chi connectivity index (χ0v) is 19.4. The van der Waals surface area contributed by atoms with Crippen molar-refractivity contribution in [3.8, 4) is 0 Å². The topological polar surface area (TPSA) is 51.0 Å². The number of fused-ring (bicyclic) bond motifs is 1. The first-order chi connectivity index (χ1) is 14.5. The predicted molar refractivity (Wildman–Crippen MR) is 126 cm³/mol. The van der Waals surface area contributed by atoms with Gasteiger partial charge in [-0.05, 0) is 49.6 Å². The lowest BCUT2D eigenvalue weighted by Crippen LogP contribution is -2.33. The minimum absolute atomic E-state index is 0. The van der Waals surface area contributed by atoms with E-state index in [1.165, 1.54) is 34.4 Å². The molecule has 0 unspecified atom stereocenters. The second kappa shape index (κ2) is 9.77. The fraction of sp³-hybridized carbons (Fsp3) is 0.227. The summed E-state index contributed by atoms with van der Waals surface area (Å²) in [6.45, 7) is 5.10. The van der Waals surface area contributed by atoms with Crippen LogP contribution in [-0.2, 0) is 6.54 Å². The Hall–Kier alpha value is -2.48. The van der Waals surface area contributed by atoms with Crippen LogP contribution in [-0.4, -0.2) is 27.0 Å². The molecule has 0 saturated heterocycles. The maximum absolute atomic E-state index is 14.5. The number of amides is 1. The number of carbonyl (C=O) groups is 1. The average molecular weight is 479 g/mol. The van der Waals surface area contributed by atoms with Crippen molar-refractivity contribution in [3.05, 3.63) is 76.6 Å². The SMILES string of the molecule is Cc1ccc2sc(N(CCCn3ccnc3)C(=O)c3c(F)cccc3Cl)nc2c1C.Cl. The maximum atomic E-state index is 14.5. The van der Waals surface area contributed by atoms with E-state index in [4.69, 9.17) is 16.6 Å². The highest BCUT2D eigenvalue weighted by Gasteiger charge is 2.26. The van der Waals surface area contributed by atoms with Gasteiger partial charge in [0.15, 0.2) is 5.13 Å². The molecule has 0 spiro atoms. The first-order valence-corrected chi connectivity index (χ1v) is 10.7. The zero-order chi connectivity index (χ0) is 21.3. The van der Waals surface area contributed by atoms with E-state index in [0.717, 1.165) is 21.3 Å². The van der Waals surface area contributed by atoms with Crippen molar-refractivity contribution < 1.29 is 9.18 Å². The van der Waals surface area contributed by atoms with E-state index in [0.29, 0.717) is 24.6 Å². The number of nitrogens with zero attached hydrogens (tertiary/aromatic N) is 4. The van der Waals surface area contributed by atoms with Gasteiger partial charge in [-0.2, -0.15) is 0 Å². The number of thiazole rings is 1. The Bertz CT molecular complexity index is 1190. The molecule has 2 aromatic heterocycles. The number of hydrogen-bond acceptors (Lipinski definition) is 4. The fourth-order valence-corrected chi connectivity index (χ4v) is 4.57. The lowest BCUT2D eigenvalue weighted by molar-refractivity contribution is 0.0982. The van der Waals surface area contributed by atoms with Gasteiger partial charge in [0.2, 0.25) is 0 Å². The van der Waals surface area contributed by atoms with Crippen molar-refractivity contribution >= 4 is 56.6 Å². The number of rotatable bonds is 6. The van der Waals surface area contributed by atoms with Crippen LogP contribution >= 0.6 is 35.3 Å². The summed E-state index contributed by atoms with van der Waals surface area (Å²) in [6.07, 6.45) is 5.95. The Balaban J connectivity index is 0.00000272. The van der Waals surface area contributed by atoms with Gasteiger partial charge in [-0.3, -0.25) is 9.69 Å². The van der Waals surface area contributed by atoms with Crippen molar-refractivity contribution in [2.24, 2.45) is 0 Å². The number of carbonyl (C=O) groups excluding carboxylic acids is 1. The summed E-state index contributed by atoms with van der Waals surface area (Å²) < 4.78 is 17.4. The molecule has 0 fully saturated rings. The summed E-state index contributed by atoms with van der Waals surface area (Å²) in [7, 11) is 0. The Labute approximate surface area is 194 Å². The van der Waals surface area contributed by atoms with Gasteiger partial charge in [0.05, 0.1) is 27.1 Å². The van der Waals surface area contributed by atoms with Crippen LogP contribution < -0.4 is 4.90 Å². The molecule has 0 aliphatic rings. The van der Waals surface area contributed by atoms with E-state index < -0.39 is 11.7 Å². The smallest absolute Gasteiger partial charge is 0.264 e. The van der Waals surface area contributed by atoms with Crippen molar-refractivity contribution in [3.63, 3.8) is 0 Å². The quantitative estimate of drug-likeness (QED) is 0.338. The molecule has 0 aliphatic carbocycles. The number of imidazole rings is 1. The van der Waals surface area contributed by atoms with E-state index >= 15 is 0 Å². The zero-order valence-electron chi connectivity index (χ0n) is 17.0. The molecular weight excluding hydrogens is 458 g/mol. The van der Waals surface area contributed by atoms with Gasteiger partial charge in [-0.15, -0.1) is 12.4 Å². The molecular formula is C22H21Cl2FN4OS. The minimum Gasteiger partial charge on any atom is -0.337 e. The molecule has 0 bridgehead atoms. The lowest BCUT2D eigenvalue weighted by Gasteiger charge is -2.21. The number of aromatic nitrogens is 3. The van der Waals surface area contributed by atoms with Gasteiger partial charge in [0, 0.05) is 25.5 Å². The summed E-state index contributed by atoms with van der Waals surface area (Å²) in [5.41, 5.74) is 2.94. The second-order valence-electron chi connectivity index (χ2n) is 7.06. The number of aryl methyl sites for hydroxylation is 3. The summed E-state index contributed by atoms with van der Waals surface area (Å²) in [4.78, 5) is 23.7. The third-order valence-electron chi connectivity index (χ3n) is 5.08. The van der Waals surface area contributed by atoms with E-state index in [2.05, 4.69) is 4.98 Å². The Morgan fingerprint density at radius 3 is 2.77 bits per heavy atom. The summed E-state index contributed by atoms with van der Waals surface area (Å²) >= 11 is 7.60. The molecule has 0 radical (unpaired) electrons. The van der Waals surface area contributed by atoms with Crippen molar-refractivity contribution in [1.29, 1.82) is 0 Å². The van der Waals surface area contributed by atoms with E-state index in [1.54, 1.807) is 12.5 Å². The van der Waals surface area contributed by atoms with Crippen LogP contribution in [0.2, 0.25) is 5.02 Å². The van der Waals surface area contributed by atoms with Crippen LogP contribution in [0.1, 0.15) is 27.9 Å². The largest absolute Gasteiger partial charge is 0.337 e. The van der Waals surface area contributed by atoms with Gasteiger partial charge >= 0.3 is 0 Å². The molecule has 4 aromatic rings. The molecule has 5 nitrogen and oxygen atoms in total. The molecule has 0 saturated carbocycles. The molecule has 2 heterocycles. The number of halogens is 3. The first-order valence-electron chi connectivity index (χ1n) is 9.54. The first kappa shape index (κ1) is 23.2. The normalized spacial score (nSPS) is 10.8.